The van der Waals surface area contributed by atoms with Gasteiger partial charge in [-0.2, -0.15) is 0 Å². The van der Waals surface area contributed by atoms with Crippen molar-refractivity contribution in [1.29, 1.82) is 0 Å². The van der Waals surface area contributed by atoms with Gasteiger partial charge in [0.1, 0.15) is 11.3 Å². The highest BCUT2D eigenvalue weighted by atomic mass is 16.5. The summed E-state index contributed by atoms with van der Waals surface area (Å²) in [6, 6.07) is 16.6. The first kappa shape index (κ1) is 18.8. The molecule has 0 saturated heterocycles. The van der Waals surface area contributed by atoms with Gasteiger partial charge >= 0.3 is 0 Å². The molecule has 0 unspecified atom stereocenters. The minimum atomic E-state index is -0.149. The van der Waals surface area contributed by atoms with Crippen molar-refractivity contribution in [3.8, 4) is 16.9 Å². The van der Waals surface area contributed by atoms with Crippen LogP contribution in [0.25, 0.3) is 38.4 Å². The average molecular weight is 385 g/mol. The number of hydrogen-bond acceptors (Lipinski definition) is 3. The number of rotatable bonds is 4. The second-order valence-corrected chi connectivity index (χ2v) is 7.08. The second-order valence-electron chi connectivity index (χ2n) is 7.08. The summed E-state index contributed by atoms with van der Waals surface area (Å²) in [5.41, 5.74) is 5.56. The Labute approximate surface area is 169 Å². The van der Waals surface area contributed by atoms with E-state index in [1.807, 2.05) is 26.0 Å². The summed E-state index contributed by atoms with van der Waals surface area (Å²) < 4.78 is 11.7. The van der Waals surface area contributed by atoms with Crippen LogP contribution in [0, 0.1) is 6.92 Å². The molecular weight excluding hydrogens is 362 g/mol. The number of allylic oxidation sites excluding steroid dienone is 1. The molecule has 3 aromatic carbocycles. The van der Waals surface area contributed by atoms with Crippen LogP contribution in [0.1, 0.15) is 18.1 Å². The van der Waals surface area contributed by atoms with Crippen molar-refractivity contribution in [3.63, 3.8) is 0 Å². The van der Waals surface area contributed by atoms with Gasteiger partial charge in [-0.1, -0.05) is 42.5 Å². The van der Waals surface area contributed by atoms with Gasteiger partial charge in [-0.15, -0.1) is 0 Å². The van der Waals surface area contributed by atoms with Gasteiger partial charge in [0.15, 0.2) is 0 Å². The largest absolute Gasteiger partial charge is 0.496 e. The third-order valence-electron chi connectivity index (χ3n) is 5.35. The van der Waals surface area contributed by atoms with Crippen LogP contribution in [0.15, 0.2) is 65.3 Å². The number of hydrogen-bond donors (Lipinski definition) is 1. The van der Waals surface area contributed by atoms with Crippen molar-refractivity contribution in [1.82, 2.24) is 5.32 Å². The van der Waals surface area contributed by atoms with E-state index in [4.69, 9.17) is 9.15 Å². The third kappa shape index (κ3) is 3.17. The lowest BCUT2D eigenvalue weighted by atomic mass is 9.94. The molecule has 0 aliphatic rings. The zero-order valence-corrected chi connectivity index (χ0v) is 17.0. The van der Waals surface area contributed by atoms with E-state index in [0.29, 0.717) is 5.75 Å². The van der Waals surface area contributed by atoms with Crippen LogP contribution >= 0.6 is 0 Å². The SMILES string of the molecule is CNC(=O)/C=C(\C)c1cc2c(-c3cccc4ccccc34)coc2c(C)c1OC. The first-order chi connectivity index (χ1) is 14.0. The Balaban J connectivity index is 2.01. The van der Waals surface area contributed by atoms with E-state index in [1.54, 1.807) is 26.5 Å². The topological polar surface area (TPSA) is 51.5 Å². The highest BCUT2D eigenvalue weighted by Gasteiger charge is 2.19. The smallest absolute Gasteiger partial charge is 0.244 e. The predicted octanol–water partition coefficient (Wildman–Crippen LogP) is 5.72. The Morgan fingerprint density at radius 1 is 1.07 bits per heavy atom. The van der Waals surface area contributed by atoms with Gasteiger partial charge in [0, 0.05) is 35.2 Å². The first-order valence-electron chi connectivity index (χ1n) is 9.52. The molecular formula is C25H23NO3. The molecule has 146 valence electrons. The monoisotopic (exact) mass is 385 g/mol. The molecule has 0 atom stereocenters. The minimum Gasteiger partial charge on any atom is -0.496 e. The Morgan fingerprint density at radius 2 is 1.83 bits per heavy atom. The van der Waals surface area contributed by atoms with E-state index in [0.717, 1.165) is 38.8 Å². The highest BCUT2D eigenvalue weighted by molar-refractivity contribution is 6.07. The van der Waals surface area contributed by atoms with Crippen LogP contribution in [-0.4, -0.2) is 20.1 Å². The lowest BCUT2D eigenvalue weighted by Gasteiger charge is -2.13. The summed E-state index contributed by atoms with van der Waals surface area (Å²) in [5, 5.41) is 5.98. The van der Waals surface area contributed by atoms with E-state index in [2.05, 4.69) is 41.7 Å². The first-order valence-corrected chi connectivity index (χ1v) is 9.52. The standard InChI is InChI=1S/C25H23NO3/c1-15(12-23(27)26-3)20-13-21-22(14-29-25(21)16(2)24(20)28-4)19-11-7-9-17-8-5-6-10-18(17)19/h5-14H,1-4H3,(H,26,27)/b15-12+. The number of likely N-dealkylation sites (N-methyl/N-ethyl adjacent to an activating group) is 1. The van der Waals surface area contributed by atoms with Crippen molar-refractivity contribution < 1.29 is 13.9 Å². The van der Waals surface area contributed by atoms with Gasteiger partial charge in [-0.3, -0.25) is 4.79 Å². The van der Waals surface area contributed by atoms with Crippen LogP contribution in [0.3, 0.4) is 0 Å². The maximum atomic E-state index is 11.9. The lowest BCUT2D eigenvalue weighted by Crippen LogP contribution is -2.14. The van der Waals surface area contributed by atoms with E-state index < -0.39 is 0 Å². The molecule has 4 nitrogen and oxygen atoms in total. The molecule has 1 heterocycles. The maximum Gasteiger partial charge on any atom is 0.244 e. The molecule has 0 spiro atoms. The number of carbonyl (C=O) groups excluding carboxylic acids is 1. The molecule has 0 aliphatic carbocycles. The number of aryl methyl sites for hydroxylation is 1. The minimum absolute atomic E-state index is 0.149. The third-order valence-corrected chi connectivity index (χ3v) is 5.35. The summed E-state index contributed by atoms with van der Waals surface area (Å²) in [6.45, 7) is 3.89. The fourth-order valence-electron chi connectivity index (χ4n) is 3.89. The molecule has 4 rings (SSSR count). The van der Waals surface area contributed by atoms with Gasteiger partial charge < -0.3 is 14.5 Å². The fourth-order valence-corrected chi connectivity index (χ4v) is 3.89. The Morgan fingerprint density at radius 3 is 2.59 bits per heavy atom. The van der Waals surface area contributed by atoms with Crippen LogP contribution in [-0.2, 0) is 4.79 Å². The van der Waals surface area contributed by atoms with E-state index in [-0.39, 0.29) is 5.91 Å². The molecule has 1 N–H and O–H groups in total. The van der Waals surface area contributed by atoms with Crippen LogP contribution in [0.4, 0.5) is 0 Å². The van der Waals surface area contributed by atoms with Crippen molar-refractivity contribution in [2.45, 2.75) is 13.8 Å². The van der Waals surface area contributed by atoms with E-state index in [1.165, 1.54) is 10.8 Å². The summed E-state index contributed by atoms with van der Waals surface area (Å²) in [6.07, 6.45) is 3.39. The van der Waals surface area contributed by atoms with Gasteiger partial charge in [-0.25, -0.2) is 0 Å². The average Bonchev–Trinajstić information content (AvgIpc) is 3.17. The number of benzene rings is 3. The number of methoxy groups -OCH3 is 1. The summed E-state index contributed by atoms with van der Waals surface area (Å²) >= 11 is 0. The summed E-state index contributed by atoms with van der Waals surface area (Å²) in [5.74, 6) is 0.567. The summed E-state index contributed by atoms with van der Waals surface area (Å²) in [4.78, 5) is 11.9. The molecule has 0 fully saturated rings. The number of carbonyl (C=O) groups is 1. The number of nitrogens with one attached hydrogen (secondary N) is 1. The van der Waals surface area contributed by atoms with Crippen LogP contribution in [0.2, 0.25) is 0 Å². The molecule has 1 aromatic heterocycles. The van der Waals surface area contributed by atoms with Crippen molar-refractivity contribution in [2.75, 3.05) is 14.2 Å². The zero-order valence-electron chi connectivity index (χ0n) is 17.0. The molecule has 0 aliphatic heterocycles. The van der Waals surface area contributed by atoms with Crippen molar-refractivity contribution >= 4 is 33.2 Å². The van der Waals surface area contributed by atoms with Crippen molar-refractivity contribution in [3.05, 3.63) is 72.0 Å². The van der Waals surface area contributed by atoms with Gasteiger partial charge in [0.05, 0.1) is 13.4 Å². The van der Waals surface area contributed by atoms with Gasteiger partial charge in [0.25, 0.3) is 0 Å². The van der Waals surface area contributed by atoms with E-state index >= 15 is 0 Å². The second kappa shape index (κ2) is 7.47. The predicted molar refractivity (Wildman–Crippen MR) is 118 cm³/mol. The van der Waals surface area contributed by atoms with Gasteiger partial charge in [-0.05, 0) is 41.8 Å². The fraction of sp³-hybridized carbons (Fsp3) is 0.160. The molecule has 4 heteroatoms. The zero-order chi connectivity index (χ0) is 20.5. The highest BCUT2D eigenvalue weighted by Crippen LogP contribution is 2.42. The quantitative estimate of drug-likeness (QED) is 0.457. The molecule has 0 radical (unpaired) electrons. The number of ether oxygens (including phenoxy) is 1. The number of amides is 1. The number of furan rings is 1. The van der Waals surface area contributed by atoms with Crippen LogP contribution in [0.5, 0.6) is 5.75 Å². The Bertz CT molecular complexity index is 1260. The maximum absolute atomic E-state index is 11.9. The normalized spacial score (nSPS) is 11.8. The Kier molecular flexibility index (Phi) is 4.85. The van der Waals surface area contributed by atoms with Crippen molar-refractivity contribution in [2.24, 2.45) is 0 Å². The van der Waals surface area contributed by atoms with Gasteiger partial charge in [0.2, 0.25) is 5.91 Å². The molecule has 0 bridgehead atoms. The molecule has 4 aromatic rings. The van der Waals surface area contributed by atoms with Crippen LogP contribution < -0.4 is 10.1 Å². The molecule has 29 heavy (non-hydrogen) atoms. The Hall–Kier alpha value is -3.53. The number of fused-ring (bicyclic) bond motifs is 2. The van der Waals surface area contributed by atoms with E-state index in [9.17, 15) is 4.79 Å². The molecule has 0 saturated carbocycles. The summed E-state index contributed by atoms with van der Waals surface area (Å²) in [7, 11) is 3.26. The lowest BCUT2D eigenvalue weighted by molar-refractivity contribution is -0.116. The molecule has 1 amide bonds.